The molecule has 0 aliphatic heterocycles. The van der Waals surface area contributed by atoms with Crippen LogP contribution in [0.3, 0.4) is 0 Å². The van der Waals surface area contributed by atoms with Gasteiger partial charge in [0.15, 0.2) is 0 Å². The van der Waals surface area contributed by atoms with E-state index in [1.807, 2.05) is 24.3 Å². The number of rotatable bonds is 3. The average Bonchev–Trinajstić information content (AvgIpc) is 3.18. The van der Waals surface area contributed by atoms with Crippen molar-refractivity contribution in [2.45, 2.75) is 18.4 Å². The van der Waals surface area contributed by atoms with Gasteiger partial charge in [0.25, 0.3) is 5.91 Å². The lowest BCUT2D eigenvalue weighted by molar-refractivity contribution is 0.0938. The van der Waals surface area contributed by atoms with E-state index < -0.39 is 0 Å². The Morgan fingerprint density at radius 3 is 2.83 bits per heavy atom. The summed E-state index contributed by atoms with van der Waals surface area (Å²) in [5.41, 5.74) is 1.53. The Hall–Kier alpha value is -1.42. The molecule has 0 radical (unpaired) electrons. The standard InChI is InChI=1S/C14H13BrN2O/c15-9-14(6-7-14)17-13(18)11-5-8-16-12-4-2-1-3-10(11)12/h1-5,8H,6-7,9H2,(H,17,18). The molecule has 1 saturated carbocycles. The number of carbonyl (C=O) groups excluding carboxylic acids is 1. The molecule has 0 atom stereocenters. The van der Waals surface area contributed by atoms with E-state index in [2.05, 4.69) is 26.2 Å². The number of para-hydroxylation sites is 1. The van der Waals surface area contributed by atoms with Gasteiger partial charge in [0, 0.05) is 16.9 Å². The van der Waals surface area contributed by atoms with Crippen molar-refractivity contribution in [2.75, 3.05) is 5.33 Å². The van der Waals surface area contributed by atoms with Crippen molar-refractivity contribution in [3.63, 3.8) is 0 Å². The molecule has 1 heterocycles. The number of carbonyl (C=O) groups is 1. The molecular formula is C14H13BrN2O. The minimum atomic E-state index is -0.0263. The van der Waals surface area contributed by atoms with Crippen molar-refractivity contribution in [3.8, 4) is 0 Å². The molecule has 0 spiro atoms. The topological polar surface area (TPSA) is 42.0 Å². The molecule has 1 fully saturated rings. The largest absolute Gasteiger partial charge is 0.346 e. The van der Waals surface area contributed by atoms with Crippen LogP contribution in [0.5, 0.6) is 0 Å². The Kier molecular flexibility index (Phi) is 2.82. The van der Waals surface area contributed by atoms with Crippen LogP contribution in [0.4, 0.5) is 0 Å². The molecule has 2 aromatic rings. The van der Waals surface area contributed by atoms with Gasteiger partial charge < -0.3 is 5.32 Å². The highest BCUT2D eigenvalue weighted by Crippen LogP contribution is 2.37. The van der Waals surface area contributed by atoms with Crippen LogP contribution in [0.1, 0.15) is 23.2 Å². The summed E-state index contributed by atoms with van der Waals surface area (Å²) in [4.78, 5) is 16.6. The average molecular weight is 305 g/mol. The molecule has 0 bridgehead atoms. The first-order chi connectivity index (χ1) is 8.74. The maximum absolute atomic E-state index is 12.3. The number of amides is 1. The molecule has 1 amide bonds. The van der Waals surface area contributed by atoms with E-state index in [1.54, 1.807) is 12.3 Å². The quantitative estimate of drug-likeness (QED) is 0.886. The normalized spacial score (nSPS) is 16.5. The summed E-state index contributed by atoms with van der Waals surface area (Å²) >= 11 is 3.46. The van der Waals surface area contributed by atoms with Crippen molar-refractivity contribution in [1.82, 2.24) is 10.3 Å². The maximum atomic E-state index is 12.3. The number of nitrogens with zero attached hydrogens (tertiary/aromatic N) is 1. The van der Waals surface area contributed by atoms with Crippen molar-refractivity contribution in [3.05, 3.63) is 42.1 Å². The minimum absolute atomic E-state index is 0.00875. The summed E-state index contributed by atoms with van der Waals surface area (Å²) in [5, 5.41) is 4.83. The molecule has 1 aliphatic rings. The summed E-state index contributed by atoms with van der Waals surface area (Å²) in [6.45, 7) is 0. The predicted molar refractivity (Wildman–Crippen MR) is 75.0 cm³/mol. The van der Waals surface area contributed by atoms with Crippen LogP contribution in [-0.4, -0.2) is 21.8 Å². The molecule has 3 rings (SSSR count). The van der Waals surface area contributed by atoms with Gasteiger partial charge in [-0.15, -0.1) is 0 Å². The van der Waals surface area contributed by atoms with Gasteiger partial charge in [0.2, 0.25) is 0 Å². The summed E-state index contributed by atoms with van der Waals surface area (Å²) in [6.07, 6.45) is 3.78. The Labute approximate surface area is 114 Å². The third-order valence-electron chi connectivity index (χ3n) is 3.38. The van der Waals surface area contributed by atoms with Gasteiger partial charge in [-0.2, -0.15) is 0 Å². The maximum Gasteiger partial charge on any atom is 0.252 e. The number of halogens is 1. The van der Waals surface area contributed by atoms with Crippen molar-refractivity contribution >= 4 is 32.7 Å². The molecule has 18 heavy (non-hydrogen) atoms. The Bertz CT molecular complexity index is 602. The number of hydrogen-bond donors (Lipinski definition) is 1. The number of aromatic nitrogens is 1. The summed E-state index contributed by atoms with van der Waals surface area (Å²) in [6, 6.07) is 9.49. The molecular weight excluding hydrogens is 292 g/mol. The highest BCUT2D eigenvalue weighted by molar-refractivity contribution is 9.09. The third kappa shape index (κ3) is 2.01. The number of nitrogens with one attached hydrogen (secondary N) is 1. The Morgan fingerprint density at radius 1 is 1.33 bits per heavy atom. The number of fused-ring (bicyclic) bond motifs is 1. The lowest BCUT2D eigenvalue weighted by Gasteiger charge is -2.15. The van der Waals surface area contributed by atoms with E-state index in [-0.39, 0.29) is 11.4 Å². The number of alkyl halides is 1. The number of hydrogen-bond acceptors (Lipinski definition) is 2. The second-order valence-electron chi connectivity index (χ2n) is 4.74. The summed E-state index contributed by atoms with van der Waals surface area (Å²) < 4.78 is 0. The lowest BCUT2D eigenvalue weighted by Crippen LogP contribution is -2.38. The first-order valence-corrected chi connectivity index (χ1v) is 7.08. The monoisotopic (exact) mass is 304 g/mol. The molecule has 4 heteroatoms. The van der Waals surface area contributed by atoms with Gasteiger partial charge in [0.05, 0.1) is 16.6 Å². The molecule has 1 aliphatic carbocycles. The van der Waals surface area contributed by atoms with Crippen LogP contribution >= 0.6 is 15.9 Å². The van der Waals surface area contributed by atoms with E-state index >= 15 is 0 Å². The van der Waals surface area contributed by atoms with Crippen LogP contribution in [0.25, 0.3) is 10.9 Å². The SMILES string of the molecule is O=C(NC1(CBr)CC1)c1ccnc2ccccc12. The third-order valence-corrected chi connectivity index (χ3v) is 4.46. The van der Waals surface area contributed by atoms with Gasteiger partial charge in [-0.1, -0.05) is 34.1 Å². The number of pyridine rings is 1. The van der Waals surface area contributed by atoms with Crippen molar-refractivity contribution < 1.29 is 4.79 Å². The zero-order valence-electron chi connectivity index (χ0n) is 9.82. The van der Waals surface area contributed by atoms with Gasteiger partial charge >= 0.3 is 0 Å². The smallest absolute Gasteiger partial charge is 0.252 e. The van der Waals surface area contributed by atoms with E-state index in [0.717, 1.165) is 29.1 Å². The first-order valence-electron chi connectivity index (χ1n) is 5.96. The van der Waals surface area contributed by atoms with Crippen molar-refractivity contribution in [1.29, 1.82) is 0 Å². The fraction of sp³-hybridized carbons (Fsp3) is 0.286. The van der Waals surface area contributed by atoms with Gasteiger partial charge in [-0.25, -0.2) is 0 Å². The fourth-order valence-electron chi connectivity index (χ4n) is 2.04. The van der Waals surface area contributed by atoms with E-state index in [0.29, 0.717) is 5.56 Å². The van der Waals surface area contributed by atoms with Gasteiger partial charge in [-0.05, 0) is 25.0 Å². The van der Waals surface area contributed by atoms with Crippen LogP contribution in [0.2, 0.25) is 0 Å². The Morgan fingerprint density at radius 2 is 2.11 bits per heavy atom. The van der Waals surface area contributed by atoms with Crippen LogP contribution in [0.15, 0.2) is 36.5 Å². The summed E-state index contributed by atoms with van der Waals surface area (Å²) in [5.74, 6) is -0.00875. The van der Waals surface area contributed by atoms with E-state index in [9.17, 15) is 4.79 Å². The van der Waals surface area contributed by atoms with Crippen LogP contribution < -0.4 is 5.32 Å². The zero-order valence-corrected chi connectivity index (χ0v) is 11.4. The van der Waals surface area contributed by atoms with Gasteiger partial charge in [0.1, 0.15) is 0 Å². The highest BCUT2D eigenvalue weighted by atomic mass is 79.9. The van der Waals surface area contributed by atoms with E-state index in [1.165, 1.54) is 0 Å². The Balaban J connectivity index is 1.96. The predicted octanol–water partition coefficient (Wildman–Crippen LogP) is 2.89. The van der Waals surface area contributed by atoms with Crippen LogP contribution in [-0.2, 0) is 0 Å². The first kappa shape index (κ1) is 11.7. The van der Waals surface area contributed by atoms with Gasteiger partial charge in [-0.3, -0.25) is 9.78 Å². The summed E-state index contributed by atoms with van der Waals surface area (Å²) in [7, 11) is 0. The number of benzene rings is 1. The fourth-order valence-corrected chi connectivity index (χ4v) is 2.75. The second kappa shape index (κ2) is 4.35. The minimum Gasteiger partial charge on any atom is -0.346 e. The van der Waals surface area contributed by atoms with E-state index in [4.69, 9.17) is 0 Å². The molecule has 1 aromatic heterocycles. The molecule has 3 nitrogen and oxygen atoms in total. The molecule has 0 unspecified atom stereocenters. The molecule has 0 saturated heterocycles. The zero-order chi connectivity index (χ0) is 12.6. The molecule has 1 N–H and O–H groups in total. The lowest BCUT2D eigenvalue weighted by atomic mass is 10.1. The highest BCUT2D eigenvalue weighted by Gasteiger charge is 2.43. The molecule has 1 aromatic carbocycles. The van der Waals surface area contributed by atoms with Crippen molar-refractivity contribution in [2.24, 2.45) is 0 Å². The van der Waals surface area contributed by atoms with Crippen LogP contribution in [0, 0.1) is 0 Å². The second-order valence-corrected chi connectivity index (χ2v) is 5.30. The molecule has 92 valence electrons.